The molecule has 0 radical (unpaired) electrons. The van der Waals surface area contributed by atoms with Gasteiger partial charge in [-0.15, -0.1) is 0 Å². The second-order valence-electron chi connectivity index (χ2n) is 4.78. The number of hydrogen-bond acceptors (Lipinski definition) is 3. The number of carbonyl (C=O) groups excluding carboxylic acids is 1. The molecule has 0 saturated heterocycles. The minimum atomic E-state index is -0.168. The summed E-state index contributed by atoms with van der Waals surface area (Å²) in [5.74, 6) is -0.168. The van der Waals surface area contributed by atoms with Crippen LogP contribution in [0.15, 0.2) is 30.3 Å². The van der Waals surface area contributed by atoms with E-state index in [1.807, 2.05) is 31.2 Å². The summed E-state index contributed by atoms with van der Waals surface area (Å²) < 4.78 is 0. The Morgan fingerprint density at radius 3 is 2.89 bits per heavy atom. The van der Waals surface area contributed by atoms with Crippen molar-refractivity contribution in [3.63, 3.8) is 0 Å². The minimum absolute atomic E-state index is 0.145. The van der Waals surface area contributed by atoms with Gasteiger partial charge in [0.1, 0.15) is 5.69 Å². The standard InChI is InChI=1S/C15H19N3O/c1-3-6-10(2)17-15(19)14-9-12(16)11-7-4-5-8-13(11)18-14/h4-5,7-10H,3,6H2,1-2H3,(H2,16,18)(H,17,19). The van der Waals surface area contributed by atoms with Crippen molar-refractivity contribution in [1.82, 2.24) is 10.3 Å². The van der Waals surface area contributed by atoms with Crippen LogP contribution in [0, 0.1) is 0 Å². The zero-order chi connectivity index (χ0) is 13.8. The molecule has 0 aliphatic rings. The van der Waals surface area contributed by atoms with Crippen LogP contribution in [-0.4, -0.2) is 16.9 Å². The number of nitrogens with one attached hydrogen (secondary N) is 1. The summed E-state index contributed by atoms with van der Waals surface area (Å²) in [6.45, 7) is 4.08. The predicted molar refractivity (Wildman–Crippen MR) is 78.0 cm³/mol. The monoisotopic (exact) mass is 257 g/mol. The van der Waals surface area contributed by atoms with Gasteiger partial charge < -0.3 is 11.1 Å². The van der Waals surface area contributed by atoms with E-state index < -0.39 is 0 Å². The Balaban J connectivity index is 2.28. The SMILES string of the molecule is CCCC(C)NC(=O)c1cc(N)c2ccccc2n1. The molecule has 2 aromatic rings. The molecule has 1 aromatic carbocycles. The normalized spacial score (nSPS) is 12.3. The molecular formula is C15H19N3O. The van der Waals surface area contributed by atoms with E-state index in [1.54, 1.807) is 6.07 Å². The number of fused-ring (bicyclic) bond motifs is 1. The maximum Gasteiger partial charge on any atom is 0.270 e. The lowest BCUT2D eigenvalue weighted by Gasteiger charge is -2.13. The molecule has 0 saturated carbocycles. The summed E-state index contributed by atoms with van der Waals surface area (Å²) in [6.07, 6.45) is 1.99. The van der Waals surface area contributed by atoms with E-state index in [-0.39, 0.29) is 11.9 Å². The molecule has 100 valence electrons. The maximum absolute atomic E-state index is 12.1. The number of aromatic nitrogens is 1. The molecule has 3 N–H and O–H groups in total. The Kier molecular flexibility index (Phi) is 4.00. The number of nitrogen functional groups attached to an aromatic ring is 1. The van der Waals surface area contributed by atoms with Crippen LogP contribution in [0.2, 0.25) is 0 Å². The molecule has 4 nitrogen and oxygen atoms in total. The molecule has 0 aliphatic heterocycles. The second-order valence-corrected chi connectivity index (χ2v) is 4.78. The quantitative estimate of drug-likeness (QED) is 0.885. The maximum atomic E-state index is 12.1. The van der Waals surface area contributed by atoms with Crippen LogP contribution in [0.5, 0.6) is 0 Å². The van der Waals surface area contributed by atoms with Gasteiger partial charge in [-0.25, -0.2) is 4.98 Å². The zero-order valence-corrected chi connectivity index (χ0v) is 11.3. The van der Waals surface area contributed by atoms with E-state index >= 15 is 0 Å². The minimum Gasteiger partial charge on any atom is -0.398 e. The number of nitrogens with two attached hydrogens (primary N) is 1. The van der Waals surface area contributed by atoms with Gasteiger partial charge in [-0.05, 0) is 25.5 Å². The molecule has 0 aliphatic carbocycles. The van der Waals surface area contributed by atoms with Crippen molar-refractivity contribution in [1.29, 1.82) is 0 Å². The van der Waals surface area contributed by atoms with Crippen LogP contribution in [0.3, 0.4) is 0 Å². The number of hydrogen-bond donors (Lipinski definition) is 2. The van der Waals surface area contributed by atoms with E-state index in [4.69, 9.17) is 5.73 Å². The first kappa shape index (κ1) is 13.3. The van der Waals surface area contributed by atoms with Crippen LogP contribution in [0.25, 0.3) is 10.9 Å². The number of para-hydroxylation sites is 1. The first-order chi connectivity index (χ1) is 9.11. The lowest BCUT2D eigenvalue weighted by molar-refractivity contribution is 0.0933. The van der Waals surface area contributed by atoms with Gasteiger partial charge in [-0.3, -0.25) is 4.79 Å². The van der Waals surface area contributed by atoms with Gasteiger partial charge in [-0.2, -0.15) is 0 Å². The summed E-state index contributed by atoms with van der Waals surface area (Å²) in [6, 6.07) is 9.33. The van der Waals surface area contributed by atoms with Crippen molar-refractivity contribution < 1.29 is 4.79 Å². The fourth-order valence-corrected chi connectivity index (χ4v) is 2.12. The van der Waals surface area contributed by atoms with Crippen molar-refractivity contribution >= 4 is 22.5 Å². The zero-order valence-electron chi connectivity index (χ0n) is 11.3. The number of pyridine rings is 1. The Morgan fingerprint density at radius 2 is 2.16 bits per heavy atom. The molecule has 0 bridgehead atoms. The average Bonchev–Trinajstić information content (AvgIpc) is 2.39. The highest BCUT2D eigenvalue weighted by Crippen LogP contribution is 2.20. The molecule has 1 amide bonds. The fraction of sp³-hybridized carbons (Fsp3) is 0.333. The van der Waals surface area contributed by atoms with E-state index in [9.17, 15) is 4.79 Å². The van der Waals surface area contributed by atoms with E-state index in [0.29, 0.717) is 11.4 Å². The van der Waals surface area contributed by atoms with E-state index in [0.717, 1.165) is 23.7 Å². The smallest absolute Gasteiger partial charge is 0.270 e. The van der Waals surface area contributed by atoms with Crippen molar-refractivity contribution in [2.24, 2.45) is 0 Å². The van der Waals surface area contributed by atoms with Gasteiger partial charge in [0.05, 0.1) is 5.52 Å². The molecule has 1 heterocycles. The third-order valence-electron chi connectivity index (χ3n) is 3.08. The number of anilines is 1. The summed E-state index contributed by atoms with van der Waals surface area (Å²) >= 11 is 0. The Labute approximate surface area is 113 Å². The molecule has 19 heavy (non-hydrogen) atoms. The molecule has 0 spiro atoms. The van der Waals surface area contributed by atoms with Crippen molar-refractivity contribution in [3.8, 4) is 0 Å². The average molecular weight is 257 g/mol. The lowest BCUT2D eigenvalue weighted by Crippen LogP contribution is -2.33. The van der Waals surface area contributed by atoms with Crippen LogP contribution in [-0.2, 0) is 0 Å². The highest BCUT2D eigenvalue weighted by atomic mass is 16.1. The first-order valence-corrected chi connectivity index (χ1v) is 6.58. The van der Waals surface area contributed by atoms with E-state index in [2.05, 4.69) is 17.2 Å². The molecule has 1 atom stereocenters. The summed E-state index contributed by atoms with van der Waals surface area (Å²) in [5, 5.41) is 3.81. The van der Waals surface area contributed by atoms with Crippen LogP contribution in [0.1, 0.15) is 37.2 Å². The Bertz CT molecular complexity index is 595. The summed E-state index contributed by atoms with van der Waals surface area (Å²) in [4.78, 5) is 16.5. The van der Waals surface area contributed by atoms with Gasteiger partial charge in [0.25, 0.3) is 5.91 Å². The number of nitrogens with zero attached hydrogens (tertiary/aromatic N) is 1. The molecule has 2 rings (SSSR count). The molecule has 4 heteroatoms. The fourth-order valence-electron chi connectivity index (χ4n) is 2.12. The van der Waals surface area contributed by atoms with Gasteiger partial charge in [0.2, 0.25) is 0 Å². The van der Waals surface area contributed by atoms with Gasteiger partial charge in [0.15, 0.2) is 0 Å². The highest BCUT2D eigenvalue weighted by Gasteiger charge is 2.12. The molecule has 1 aromatic heterocycles. The second kappa shape index (κ2) is 5.69. The highest BCUT2D eigenvalue weighted by molar-refractivity contribution is 5.99. The van der Waals surface area contributed by atoms with Crippen molar-refractivity contribution in [2.45, 2.75) is 32.7 Å². The van der Waals surface area contributed by atoms with E-state index in [1.165, 1.54) is 0 Å². The van der Waals surface area contributed by atoms with Crippen LogP contribution in [0.4, 0.5) is 5.69 Å². The first-order valence-electron chi connectivity index (χ1n) is 6.58. The molecule has 1 unspecified atom stereocenters. The summed E-state index contributed by atoms with van der Waals surface area (Å²) in [7, 11) is 0. The van der Waals surface area contributed by atoms with Crippen LogP contribution >= 0.6 is 0 Å². The Morgan fingerprint density at radius 1 is 1.42 bits per heavy atom. The number of benzene rings is 1. The largest absolute Gasteiger partial charge is 0.398 e. The van der Waals surface area contributed by atoms with Gasteiger partial charge >= 0.3 is 0 Å². The van der Waals surface area contributed by atoms with Crippen molar-refractivity contribution in [3.05, 3.63) is 36.0 Å². The lowest BCUT2D eigenvalue weighted by atomic mass is 10.1. The van der Waals surface area contributed by atoms with Gasteiger partial charge in [-0.1, -0.05) is 31.5 Å². The molecular weight excluding hydrogens is 238 g/mol. The van der Waals surface area contributed by atoms with Crippen molar-refractivity contribution in [2.75, 3.05) is 5.73 Å². The number of amides is 1. The number of carbonyl (C=O) groups is 1. The predicted octanol–water partition coefficient (Wildman–Crippen LogP) is 2.74. The third kappa shape index (κ3) is 3.02. The molecule has 0 fully saturated rings. The van der Waals surface area contributed by atoms with Crippen LogP contribution < -0.4 is 11.1 Å². The number of rotatable bonds is 4. The third-order valence-corrected chi connectivity index (χ3v) is 3.08. The Hall–Kier alpha value is -2.10. The van der Waals surface area contributed by atoms with Gasteiger partial charge in [0, 0.05) is 17.1 Å². The summed E-state index contributed by atoms with van der Waals surface area (Å²) in [5.41, 5.74) is 7.67. The topological polar surface area (TPSA) is 68.0 Å².